The van der Waals surface area contributed by atoms with E-state index >= 15 is 0 Å². The third-order valence-electron chi connectivity index (χ3n) is 14.6. The quantitative estimate of drug-likeness (QED) is 0.175. The first-order valence-electron chi connectivity index (χ1n) is 22.4. The lowest BCUT2D eigenvalue weighted by Crippen LogP contribution is -2.36. The second-order valence-corrected chi connectivity index (χ2v) is 17.5. The normalized spacial score (nSPS) is 14.8. The largest absolute Gasteiger partial charge is 0.310 e. The van der Waals surface area contributed by atoms with Gasteiger partial charge in [0.1, 0.15) is 0 Å². The SMILES string of the molecule is c1ccc(N2c3ccccc3C3(c4ccccc4-c4ccccc43)c3cc(-c4ccc5c(c4)C4(c6ccccc6-c6ccccc64)c4ccccc4N5c4ccccc4)ccc32)cc1. The maximum atomic E-state index is 2.52. The number of benzene rings is 10. The van der Waals surface area contributed by atoms with Crippen molar-refractivity contribution in [2.75, 3.05) is 9.80 Å². The second kappa shape index (κ2) is 13.2. The van der Waals surface area contributed by atoms with Crippen molar-refractivity contribution >= 4 is 34.1 Å². The molecular weight excluding hydrogens is 773 g/mol. The zero-order valence-electron chi connectivity index (χ0n) is 35.0. The van der Waals surface area contributed by atoms with Crippen molar-refractivity contribution in [1.29, 1.82) is 0 Å². The van der Waals surface area contributed by atoms with Crippen molar-refractivity contribution in [3.63, 3.8) is 0 Å². The molecule has 0 saturated heterocycles. The minimum atomic E-state index is -0.539. The fourth-order valence-electron chi connectivity index (χ4n) is 12.3. The molecule has 2 heterocycles. The van der Waals surface area contributed by atoms with Gasteiger partial charge in [-0.2, -0.15) is 0 Å². The molecule has 0 aromatic heterocycles. The highest BCUT2D eigenvalue weighted by molar-refractivity contribution is 5.99. The monoisotopic (exact) mass is 812 g/mol. The summed E-state index contributed by atoms with van der Waals surface area (Å²) in [4.78, 5) is 4.96. The summed E-state index contributed by atoms with van der Waals surface area (Å²) in [6, 6.07) is 90.8. The number of rotatable bonds is 3. The minimum absolute atomic E-state index is 0.539. The lowest BCUT2D eigenvalue weighted by atomic mass is 9.63. The van der Waals surface area contributed by atoms with Crippen LogP contribution in [0.25, 0.3) is 33.4 Å². The van der Waals surface area contributed by atoms with Crippen molar-refractivity contribution in [3.8, 4) is 33.4 Å². The standard InChI is InChI=1S/C62H40N2/c1-3-19-43(20-4-1)63-57-33-17-15-31-53(57)61(49-27-11-7-23-45(49)46-24-8-12-28-50(46)61)55-39-41(35-37-59(55)63)42-36-38-60-56(40-42)62(51-29-13-9-25-47(51)48-26-10-14-30-52(48)62)54-32-16-18-34-58(54)64(60)44-21-5-2-6-22-44/h1-40H. The Hall–Kier alpha value is -8.20. The molecule has 10 aromatic rings. The molecule has 64 heavy (non-hydrogen) atoms. The van der Waals surface area contributed by atoms with Gasteiger partial charge in [0, 0.05) is 11.4 Å². The zero-order valence-corrected chi connectivity index (χ0v) is 35.0. The Kier molecular flexibility index (Phi) is 7.28. The summed E-state index contributed by atoms with van der Waals surface area (Å²) in [5, 5.41) is 0. The average Bonchev–Trinajstić information content (AvgIpc) is 3.83. The van der Waals surface area contributed by atoms with Gasteiger partial charge in [-0.3, -0.25) is 0 Å². The highest BCUT2D eigenvalue weighted by Crippen LogP contribution is 2.66. The highest BCUT2D eigenvalue weighted by Gasteiger charge is 2.53. The Labute approximate surface area is 373 Å². The molecule has 2 aliphatic carbocycles. The fourth-order valence-corrected chi connectivity index (χ4v) is 12.3. The number of nitrogens with zero attached hydrogens (tertiary/aromatic N) is 2. The predicted octanol–water partition coefficient (Wildman–Crippen LogP) is 15.6. The molecule has 0 unspecified atom stereocenters. The van der Waals surface area contributed by atoms with Crippen LogP contribution in [0.15, 0.2) is 243 Å². The molecule has 298 valence electrons. The van der Waals surface area contributed by atoms with Crippen LogP contribution in [-0.2, 0) is 10.8 Å². The Bertz CT molecular complexity index is 3200. The van der Waals surface area contributed by atoms with Gasteiger partial charge in [-0.25, -0.2) is 0 Å². The first kappa shape index (κ1) is 35.4. The van der Waals surface area contributed by atoms with Crippen LogP contribution in [0.2, 0.25) is 0 Å². The molecule has 2 heteroatoms. The molecule has 2 aliphatic heterocycles. The van der Waals surface area contributed by atoms with Crippen LogP contribution in [-0.4, -0.2) is 0 Å². The molecule has 0 saturated carbocycles. The van der Waals surface area contributed by atoms with Gasteiger partial charge in [-0.05, 0) is 139 Å². The van der Waals surface area contributed by atoms with Crippen LogP contribution in [0.1, 0.15) is 44.5 Å². The summed E-state index contributed by atoms with van der Waals surface area (Å²) < 4.78 is 0. The van der Waals surface area contributed by atoms with Crippen LogP contribution in [0.3, 0.4) is 0 Å². The Morgan fingerprint density at radius 3 is 0.859 bits per heavy atom. The lowest BCUT2D eigenvalue weighted by molar-refractivity contribution is 0.751. The Balaban J connectivity index is 1.08. The minimum Gasteiger partial charge on any atom is -0.310 e. The van der Waals surface area contributed by atoms with E-state index in [2.05, 4.69) is 252 Å². The van der Waals surface area contributed by atoms with E-state index in [9.17, 15) is 0 Å². The van der Waals surface area contributed by atoms with Crippen molar-refractivity contribution in [1.82, 2.24) is 0 Å². The number of para-hydroxylation sites is 4. The summed E-state index contributed by atoms with van der Waals surface area (Å²) in [5.41, 5.74) is 24.0. The first-order valence-corrected chi connectivity index (χ1v) is 22.4. The summed E-state index contributed by atoms with van der Waals surface area (Å²) in [6.45, 7) is 0. The lowest BCUT2D eigenvalue weighted by Gasteiger charge is -2.45. The highest BCUT2D eigenvalue weighted by atomic mass is 15.2. The second-order valence-electron chi connectivity index (χ2n) is 17.5. The Morgan fingerprint density at radius 2 is 0.500 bits per heavy atom. The number of hydrogen-bond donors (Lipinski definition) is 0. The van der Waals surface area contributed by atoms with E-state index in [1.54, 1.807) is 0 Å². The van der Waals surface area contributed by atoms with E-state index in [1.807, 2.05) is 0 Å². The summed E-state index contributed by atoms with van der Waals surface area (Å²) >= 11 is 0. The topological polar surface area (TPSA) is 6.48 Å². The van der Waals surface area contributed by atoms with Crippen LogP contribution < -0.4 is 9.80 Å². The van der Waals surface area contributed by atoms with E-state index in [0.717, 1.165) is 11.4 Å². The van der Waals surface area contributed by atoms with E-state index in [-0.39, 0.29) is 0 Å². The van der Waals surface area contributed by atoms with Gasteiger partial charge in [-0.15, -0.1) is 0 Å². The molecule has 0 atom stereocenters. The van der Waals surface area contributed by atoms with Crippen molar-refractivity contribution < 1.29 is 0 Å². The summed E-state index contributed by atoms with van der Waals surface area (Å²) in [5.74, 6) is 0. The molecule has 0 N–H and O–H groups in total. The van der Waals surface area contributed by atoms with Crippen LogP contribution in [0.5, 0.6) is 0 Å². The predicted molar refractivity (Wildman–Crippen MR) is 263 cm³/mol. The van der Waals surface area contributed by atoms with Crippen molar-refractivity contribution in [2.45, 2.75) is 10.8 Å². The zero-order chi connectivity index (χ0) is 42.0. The summed E-state index contributed by atoms with van der Waals surface area (Å²) in [6.07, 6.45) is 0. The molecule has 2 spiro atoms. The number of hydrogen-bond acceptors (Lipinski definition) is 2. The molecule has 10 aromatic carbocycles. The maximum Gasteiger partial charge on any atom is 0.0754 e. The molecule has 0 bridgehead atoms. The van der Waals surface area contributed by atoms with Gasteiger partial charge in [0.15, 0.2) is 0 Å². The van der Waals surface area contributed by atoms with E-state index in [0.29, 0.717) is 0 Å². The number of fused-ring (bicyclic) bond motifs is 18. The van der Waals surface area contributed by atoms with E-state index in [1.165, 1.54) is 101 Å². The average molecular weight is 813 g/mol. The molecule has 0 radical (unpaired) electrons. The van der Waals surface area contributed by atoms with Crippen LogP contribution >= 0.6 is 0 Å². The van der Waals surface area contributed by atoms with E-state index in [4.69, 9.17) is 0 Å². The van der Waals surface area contributed by atoms with Crippen molar-refractivity contribution in [3.05, 3.63) is 287 Å². The molecular formula is C62H40N2. The summed E-state index contributed by atoms with van der Waals surface area (Å²) in [7, 11) is 0. The van der Waals surface area contributed by atoms with Gasteiger partial charge >= 0.3 is 0 Å². The van der Waals surface area contributed by atoms with E-state index < -0.39 is 10.8 Å². The van der Waals surface area contributed by atoms with Gasteiger partial charge in [0.2, 0.25) is 0 Å². The van der Waals surface area contributed by atoms with Crippen LogP contribution in [0, 0.1) is 0 Å². The third kappa shape index (κ3) is 4.44. The van der Waals surface area contributed by atoms with Crippen LogP contribution in [0.4, 0.5) is 34.1 Å². The first-order chi connectivity index (χ1) is 31.8. The van der Waals surface area contributed by atoms with Gasteiger partial charge < -0.3 is 9.80 Å². The van der Waals surface area contributed by atoms with Crippen molar-refractivity contribution in [2.24, 2.45) is 0 Å². The molecule has 0 amide bonds. The molecule has 4 aliphatic rings. The fraction of sp³-hybridized carbons (Fsp3) is 0.0323. The van der Waals surface area contributed by atoms with Gasteiger partial charge in [0.25, 0.3) is 0 Å². The Morgan fingerprint density at radius 1 is 0.219 bits per heavy atom. The van der Waals surface area contributed by atoms with Gasteiger partial charge in [-0.1, -0.05) is 182 Å². The number of anilines is 6. The third-order valence-corrected chi connectivity index (χ3v) is 14.6. The van der Waals surface area contributed by atoms with Gasteiger partial charge in [0.05, 0.1) is 33.6 Å². The molecule has 2 nitrogen and oxygen atoms in total. The smallest absolute Gasteiger partial charge is 0.0754 e. The molecule has 0 fully saturated rings. The maximum absolute atomic E-state index is 2.52. The molecule has 14 rings (SSSR count).